The number of hydrogen-bond acceptors (Lipinski definition) is 8. The molecule has 1 heterocycles. The molecule has 0 bridgehead atoms. The second kappa shape index (κ2) is 8.10. The van der Waals surface area contributed by atoms with Crippen LogP contribution in [0.2, 0.25) is 0 Å². The molecule has 0 spiro atoms. The van der Waals surface area contributed by atoms with E-state index in [4.69, 9.17) is 9.47 Å². The van der Waals surface area contributed by atoms with Crippen LogP contribution >= 0.6 is 0 Å². The Morgan fingerprint density at radius 2 is 2.00 bits per heavy atom. The molecule has 0 saturated carbocycles. The summed E-state index contributed by atoms with van der Waals surface area (Å²) in [4.78, 5) is 34.2. The van der Waals surface area contributed by atoms with Gasteiger partial charge in [-0.05, 0) is 19.1 Å². The lowest BCUT2D eigenvalue weighted by Crippen LogP contribution is -2.16. The topological polar surface area (TPSA) is 123 Å². The van der Waals surface area contributed by atoms with E-state index in [1.807, 2.05) is 0 Å². The number of carbonyl (C=O) groups is 2. The molecule has 0 radical (unpaired) electrons. The first-order valence-corrected chi connectivity index (χ1v) is 7.55. The fourth-order valence-electron chi connectivity index (χ4n) is 2.32. The highest BCUT2D eigenvalue weighted by molar-refractivity contribution is 5.92. The molecule has 0 aliphatic carbocycles. The van der Waals surface area contributed by atoms with E-state index in [9.17, 15) is 19.7 Å². The third-order valence-corrected chi connectivity index (χ3v) is 3.51. The Morgan fingerprint density at radius 1 is 1.27 bits per heavy atom. The van der Waals surface area contributed by atoms with Crippen LogP contribution in [0.3, 0.4) is 0 Å². The van der Waals surface area contributed by atoms with Gasteiger partial charge in [-0.15, -0.1) is 0 Å². The Kier molecular flexibility index (Phi) is 5.89. The lowest BCUT2D eigenvalue weighted by Gasteiger charge is -2.11. The Labute approximate surface area is 148 Å². The van der Waals surface area contributed by atoms with Gasteiger partial charge in [-0.25, -0.2) is 14.3 Å². The number of methoxy groups -OCH3 is 2. The second-order valence-corrected chi connectivity index (χ2v) is 5.03. The monoisotopic (exact) mass is 363 g/mol. The van der Waals surface area contributed by atoms with Gasteiger partial charge in [-0.1, -0.05) is 6.07 Å². The maximum atomic E-state index is 12.1. The fourth-order valence-corrected chi connectivity index (χ4v) is 2.32. The summed E-state index contributed by atoms with van der Waals surface area (Å²) < 4.78 is 15.9. The molecule has 10 heteroatoms. The molecule has 10 nitrogen and oxygen atoms in total. The van der Waals surface area contributed by atoms with E-state index in [0.29, 0.717) is 11.3 Å². The van der Waals surface area contributed by atoms with Gasteiger partial charge in [0.15, 0.2) is 0 Å². The number of ether oxygens (including phenoxy) is 3. The van der Waals surface area contributed by atoms with Crippen LogP contribution in [-0.2, 0) is 16.0 Å². The molecule has 0 atom stereocenters. The average Bonchev–Trinajstić information content (AvgIpc) is 3.05. The van der Waals surface area contributed by atoms with Crippen molar-refractivity contribution in [1.29, 1.82) is 0 Å². The third kappa shape index (κ3) is 3.79. The molecule has 26 heavy (non-hydrogen) atoms. The summed E-state index contributed by atoms with van der Waals surface area (Å²) in [6.07, 6.45) is 0.988. The van der Waals surface area contributed by atoms with Crippen molar-refractivity contribution >= 4 is 17.6 Å². The van der Waals surface area contributed by atoms with E-state index in [2.05, 4.69) is 9.84 Å². The molecule has 1 aromatic carbocycles. The molecular formula is C16H17N3O7. The van der Waals surface area contributed by atoms with Gasteiger partial charge in [-0.2, -0.15) is 5.10 Å². The molecular weight excluding hydrogens is 346 g/mol. The van der Waals surface area contributed by atoms with Crippen molar-refractivity contribution in [3.63, 3.8) is 0 Å². The van der Waals surface area contributed by atoms with Crippen molar-refractivity contribution in [3.05, 3.63) is 51.3 Å². The predicted molar refractivity (Wildman–Crippen MR) is 88.3 cm³/mol. The summed E-state index contributed by atoms with van der Waals surface area (Å²) in [6, 6.07) is 4.59. The van der Waals surface area contributed by atoms with Gasteiger partial charge in [-0.3, -0.25) is 10.1 Å². The van der Waals surface area contributed by atoms with Gasteiger partial charge >= 0.3 is 17.6 Å². The number of hydrogen-bond donors (Lipinski definition) is 0. The average molecular weight is 363 g/mol. The minimum atomic E-state index is -0.846. The summed E-state index contributed by atoms with van der Waals surface area (Å²) in [7, 11) is 2.68. The zero-order valence-electron chi connectivity index (χ0n) is 14.4. The SMILES string of the molecule is CCOC(=O)c1c([N+](=O)[O-])cnn1Cc1ccc(C(=O)OC)cc1OC. The van der Waals surface area contributed by atoms with Gasteiger partial charge in [0.25, 0.3) is 0 Å². The summed E-state index contributed by atoms with van der Waals surface area (Å²) in [6.45, 7) is 1.67. The van der Waals surface area contributed by atoms with Crippen molar-refractivity contribution in [2.24, 2.45) is 0 Å². The zero-order valence-corrected chi connectivity index (χ0v) is 14.4. The molecule has 0 aliphatic heterocycles. The largest absolute Gasteiger partial charge is 0.496 e. The van der Waals surface area contributed by atoms with Crippen LogP contribution in [0.15, 0.2) is 24.4 Å². The van der Waals surface area contributed by atoms with Crippen LogP contribution in [0.4, 0.5) is 5.69 Å². The summed E-state index contributed by atoms with van der Waals surface area (Å²) in [5.41, 5.74) is 0.124. The van der Waals surface area contributed by atoms with Crippen LogP contribution in [0.1, 0.15) is 33.3 Å². The number of rotatable bonds is 7. The number of aromatic nitrogens is 2. The van der Waals surface area contributed by atoms with Crippen molar-refractivity contribution < 1.29 is 28.7 Å². The van der Waals surface area contributed by atoms with E-state index in [1.54, 1.807) is 13.0 Å². The van der Waals surface area contributed by atoms with Crippen LogP contribution < -0.4 is 4.74 Å². The molecule has 0 saturated heterocycles. The first-order chi connectivity index (χ1) is 12.4. The maximum absolute atomic E-state index is 12.1. The quantitative estimate of drug-likeness (QED) is 0.414. The summed E-state index contributed by atoms with van der Waals surface area (Å²) in [5.74, 6) is -1.03. The van der Waals surface area contributed by atoms with Crippen LogP contribution in [0, 0.1) is 10.1 Å². The Bertz CT molecular complexity index is 844. The van der Waals surface area contributed by atoms with Gasteiger partial charge in [0.05, 0.1) is 37.9 Å². The molecule has 138 valence electrons. The van der Waals surface area contributed by atoms with E-state index < -0.39 is 22.5 Å². The molecule has 0 N–H and O–H groups in total. The normalized spacial score (nSPS) is 10.3. The van der Waals surface area contributed by atoms with Crippen molar-refractivity contribution in [2.75, 3.05) is 20.8 Å². The van der Waals surface area contributed by atoms with Crippen LogP contribution in [0.25, 0.3) is 0 Å². The molecule has 0 fully saturated rings. The summed E-state index contributed by atoms with van der Waals surface area (Å²) >= 11 is 0. The number of carbonyl (C=O) groups excluding carboxylic acids is 2. The number of benzene rings is 1. The van der Waals surface area contributed by atoms with Gasteiger partial charge < -0.3 is 14.2 Å². The number of esters is 2. The third-order valence-electron chi connectivity index (χ3n) is 3.51. The molecule has 2 rings (SSSR count). The van der Waals surface area contributed by atoms with E-state index in [-0.39, 0.29) is 24.4 Å². The fraction of sp³-hybridized carbons (Fsp3) is 0.312. The van der Waals surface area contributed by atoms with Crippen molar-refractivity contribution in [1.82, 2.24) is 9.78 Å². The molecule has 0 unspecified atom stereocenters. The molecule has 2 aromatic rings. The number of nitro groups is 1. The van der Waals surface area contributed by atoms with E-state index in [1.165, 1.54) is 26.4 Å². The highest BCUT2D eigenvalue weighted by Crippen LogP contribution is 2.25. The van der Waals surface area contributed by atoms with Crippen LogP contribution in [0.5, 0.6) is 5.75 Å². The van der Waals surface area contributed by atoms with Gasteiger partial charge in [0, 0.05) is 5.56 Å². The lowest BCUT2D eigenvalue weighted by molar-refractivity contribution is -0.385. The zero-order chi connectivity index (χ0) is 19.3. The smallest absolute Gasteiger partial charge is 0.363 e. The minimum Gasteiger partial charge on any atom is -0.496 e. The van der Waals surface area contributed by atoms with Crippen molar-refractivity contribution in [3.8, 4) is 5.75 Å². The Balaban J connectivity index is 2.43. The highest BCUT2D eigenvalue weighted by atomic mass is 16.6. The first kappa shape index (κ1) is 18.9. The highest BCUT2D eigenvalue weighted by Gasteiger charge is 2.28. The van der Waals surface area contributed by atoms with Gasteiger partial charge in [0.2, 0.25) is 5.69 Å². The lowest BCUT2D eigenvalue weighted by atomic mass is 10.1. The first-order valence-electron chi connectivity index (χ1n) is 7.55. The Hall–Kier alpha value is -3.43. The summed E-state index contributed by atoms with van der Waals surface area (Å²) in [5, 5.41) is 15.1. The van der Waals surface area contributed by atoms with Crippen molar-refractivity contribution in [2.45, 2.75) is 13.5 Å². The Morgan fingerprint density at radius 3 is 2.58 bits per heavy atom. The van der Waals surface area contributed by atoms with E-state index in [0.717, 1.165) is 10.9 Å². The second-order valence-electron chi connectivity index (χ2n) is 5.03. The molecule has 1 aromatic heterocycles. The number of nitrogens with zero attached hydrogens (tertiary/aromatic N) is 3. The minimum absolute atomic E-state index is 0.00656. The maximum Gasteiger partial charge on any atom is 0.363 e. The molecule has 0 amide bonds. The van der Waals surface area contributed by atoms with Gasteiger partial charge in [0.1, 0.15) is 11.9 Å². The standard InChI is InChI=1S/C16H17N3O7/c1-4-26-16(21)14-12(19(22)23)8-17-18(14)9-11-6-5-10(15(20)25-3)7-13(11)24-2/h5-8H,4,9H2,1-3H3. The van der Waals surface area contributed by atoms with E-state index >= 15 is 0 Å². The predicted octanol–water partition coefficient (Wildman–Crippen LogP) is 1.81. The molecule has 0 aliphatic rings. The van der Waals surface area contributed by atoms with Crippen LogP contribution in [-0.4, -0.2) is 47.5 Å².